The summed E-state index contributed by atoms with van der Waals surface area (Å²) in [6.45, 7) is 5.56. The van der Waals surface area contributed by atoms with Crippen molar-refractivity contribution in [2.45, 2.75) is 39.4 Å². The molecular formula is C22H21ClO5. The summed E-state index contributed by atoms with van der Waals surface area (Å²) in [5.41, 5.74) is 2.71. The summed E-state index contributed by atoms with van der Waals surface area (Å²) in [6, 6.07) is 6.69. The molecule has 0 spiro atoms. The van der Waals surface area contributed by atoms with Gasteiger partial charge in [-0.2, -0.15) is 0 Å². The Morgan fingerprint density at radius 3 is 2.64 bits per heavy atom. The maximum atomic E-state index is 12.8. The lowest BCUT2D eigenvalue weighted by Crippen LogP contribution is -2.38. The zero-order valence-electron chi connectivity index (χ0n) is 15.9. The average molecular weight is 401 g/mol. The highest BCUT2D eigenvalue weighted by molar-refractivity contribution is 6.33. The lowest BCUT2D eigenvalue weighted by atomic mass is 9.79. The van der Waals surface area contributed by atoms with E-state index in [1.165, 1.54) is 0 Å². The average Bonchev–Trinajstić information content (AvgIpc) is 3.05. The fourth-order valence-electron chi connectivity index (χ4n) is 4.74. The highest BCUT2D eigenvalue weighted by Crippen LogP contribution is 2.48. The molecule has 0 amide bonds. The largest absolute Gasteiger partial charge is 0.461 e. The van der Waals surface area contributed by atoms with Gasteiger partial charge in [0.2, 0.25) is 0 Å². The molecule has 0 saturated carbocycles. The first-order chi connectivity index (χ1) is 13.3. The minimum absolute atomic E-state index is 0.0487. The van der Waals surface area contributed by atoms with Gasteiger partial charge in [-0.15, -0.1) is 0 Å². The number of ether oxygens (including phenoxy) is 2. The number of carbonyl (C=O) groups is 3. The standard InChI is InChI=1S/C22H21ClO5/c1-10-8-15(24)17-11(2)9-16(19-12(3)21(25)28-20(19)18(10)17)27-22(26)13-6-4-5-7-14(13)23/h4-8,12,16,18-20H,9H2,1-3H3/t12-,16-,18?,19?,20+/m0/s1. The summed E-state index contributed by atoms with van der Waals surface area (Å²) in [6.07, 6.45) is 0.917. The van der Waals surface area contributed by atoms with Gasteiger partial charge in [0, 0.05) is 23.8 Å². The monoisotopic (exact) mass is 400 g/mol. The van der Waals surface area contributed by atoms with Crippen LogP contribution in [0, 0.1) is 17.8 Å². The molecule has 1 aliphatic heterocycles. The lowest BCUT2D eigenvalue weighted by Gasteiger charge is -2.29. The van der Waals surface area contributed by atoms with Gasteiger partial charge in [0.05, 0.1) is 16.5 Å². The molecule has 1 aromatic carbocycles. The highest BCUT2D eigenvalue weighted by Gasteiger charge is 2.55. The van der Waals surface area contributed by atoms with Crippen molar-refractivity contribution in [3.05, 3.63) is 57.6 Å². The quantitative estimate of drug-likeness (QED) is 0.704. The molecular weight excluding hydrogens is 380 g/mol. The molecule has 0 bridgehead atoms. The third-order valence-corrected chi connectivity index (χ3v) is 6.41. The molecule has 0 N–H and O–H groups in total. The van der Waals surface area contributed by atoms with Crippen LogP contribution in [-0.4, -0.2) is 29.9 Å². The van der Waals surface area contributed by atoms with Gasteiger partial charge in [0.1, 0.15) is 12.2 Å². The predicted octanol–water partition coefficient (Wildman–Crippen LogP) is 3.91. The van der Waals surface area contributed by atoms with Gasteiger partial charge in [-0.1, -0.05) is 41.8 Å². The second-order valence-corrected chi connectivity index (χ2v) is 8.23. The van der Waals surface area contributed by atoms with Crippen LogP contribution in [0.2, 0.25) is 5.02 Å². The van der Waals surface area contributed by atoms with Crippen molar-refractivity contribution in [3.8, 4) is 0 Å². The molecule has 1 fully saturated rings. The molecule has 2 unspecified atom stereocenters. The minimum Gasteiger partial charge on any atom is -0.461 e. The third kappa shape index (κ3) is 2.89. The van der Waals surface area contributed by atoms with Crippen molar-refractivity contribution in [2.75, 3.05) is 0 Å². The van der Waals surface area contributed by atoms with Crippen LogP contribution in [0.25, 0.3) is 0 Å². The lowest BCUT2D eigenvalue weighted by molar-refractivity contribution is -0.144. The van der Waals surface area contributed by atoms with Gasteiger partial charge in [0.15, 0.2) is 5.78 Å². The van der Waals surface area contributed by atoms with Gasteiger partial charge in [-0.3, -0.25) is 9.59 Å². The Bertz CT molecular complexity index is 944. The molecule has 146 valence electrons. The van der Waals surface area contributed by atoms with Crippen LogP contribution >= 0.6 is 11.6 Å². The van der Waals surface area contributed by atoms with Crippen LogP contribution in [0.15, 0.2) is 47.1 Å². The number of ketones is 1. The van der Waals surface area contributed by atoms with E-state index in [4.69, 9.17) is 21.1 Å². The van der Waals surface area contributed by atoms with E-state index in [1.54, 1.807) is 37.3 Å². The summed E-state index contributed by atoms with van der Waals surface area (Å²) in [5.74, 6) is -1.93. The molecule has 1 heterocycles. The second-order valence-electron chi connectivity index (χ2n) is 7.82. The normalized spacial score (nSPS) is 31.7. The number of fused-ring (bicyclic) bond motifs is 3. The Hall–Kier alpha value is -2.40. The van der Waals surface area contributed by atoms with Gasteiger partial charge in [-0.05, 0) is 32.1 Å². The molecule has 6 heteroatoms. The molecule has 0 aromatic heterocycles. The Labute approximate surface area is 168 Å². The first-order valence-electron chi connectivity index (χ1n) is 9.37. The molecule has 0 radical (unpaired) electrons. The molecule has 5 nitrogen and oxygen atoms in total. The van der Waals surface area contributed by atoms with Gasteiger partial charge < -0.3 is 9.47 Å². The third-order valence-electron chi connectivity index (χ3n) is 6.08. The van der Waals surface area contributed by atoms with E-state index < -0.39 is 24.1 Å². The van der Waals surface area contributed by atoms with E-state index in [-0.39, 0.29) is 29.2 Å². The van der Waals surface area contributed by atoms with Crippen molar-refractivity contribution < 1.29 is 23.9 Å². The number of allylic oxidation sites excluding steroid dienone is 1. The van der Waals surface area contributed by atoms with Crippen LogP contribution in [0.3, 0.4) is 0 Å². The van der Waals surface area contributed by atoms with E-state index in [0.717, 1.165) is 11.1 Å². The smallest absolute Gasteiger partial charge is 0.339 e. The molecule has 1 aromatic rings. The fraction of sp³-hybridized carbons (Fsp3) is 0.409. The van der Waals surface area contributed by atoms with Crippen LogP contribution in [-0.2, 0) is 19.1 Å². The number of hydrogen-bond donors (Lipinski definition) is 0. The summed E-state index contributed by atoms with van der Waals surface area (Å²) >= 11 is 6.14. The van der Waals surface area contributed by atoms with E-state index in [0.29, 0.717) is 17.0 Å². The van der Waals surface area contributed by atoms with Crippen LogP contribution in [0.5, 0.6) is 0 Å². The zero-order valence-corrected chi connectivity index (χ0v) is 16.7. The molecule has 2 aliphatic carbocycles. The van der Waals surface area contributed by atoms with E-state index in [9.17, 15) is 14.4 Å². The summed E-state index contributed by atoms with van der Waals surface area (Å²) in [5, 5.41) is 0.311. The molecule has 1 saturated heterocycles. The van der Waals surface area contributed by atoms with E-state index >= 15 is 0 Å². The first-order valence-corrected chi connectivity index (χ1v) is 9.75. The van der Waals surface area contributed by atoms with Crippen molar-refractivity contribution in [3.63, 3.8) is 0 Å². The van der Waals surface area contributed by atoms with Crippen LogP contribution < -0.4 is 0 Å². The Morgan fingerprint density at radius 1 is 1.21 bits per heavy atom. The minimum atomic E-state index is -0.575. The Kier molecular flexibility index (Phi) is 4.66. The topological polar surface area (TPSA) is 69.7 Å². The fourth-order valence-corrected chi connectivity index (χ4v) is 4.95. The predicted molar refractivity (Wildman–Crippen MR) is 103 cm³/mol. The van der Waals surface area contributed by atoms with Gasteiger partial charge in [0.25, 0.3) is 0 Å². The number of benzene rings is 1. The Morgan fingerprint density at radius 2 is 1.93 bits per heavy atom. The van der Waals surface area contributed by atoms with Crippen molar-refractivity contribution >= 4 is 29.3 Å². The zero-order chi connectivity index (χ0) is 20.2. The number of esters is 2. The summed E-state index contributed by atoms with van der Waals surface area (Å²) in [4.78, 5) is 37.7. The number of halogens is 1. The summed E-state index contributed by atoms with van der Waals surface area (Å²) in [7, 11) is 0. The molecule has 3 aliphatic rings. The maximum Gasteiger partial charge on any atom is 0.339 e. The first kappa shape index (κ1) is 18.9. The van der Waals surface area contributed by atoms with E-state index in [1.807, 2.05) is 13.8 Å². The maximum absolute atomic E-state index is 12.8. The summed E-state index contributed by atoms with van der Waals surface area (Å²) < 4.78 is 11.6. The number of hydrogen-bond acceptors (Lipinski definition) is 5. The highest BCUT2D eigenvalue weighted by atomic mass is 35.5. The van der Waals surface area contributed by atoms with Crippen LogP contribution in [0.1, 0.15) is 37.6 Å². The van der Waals surface area contributed by atoms with Crippen molar-refractivity contribution in [1.29, 1.82) is 0 Å². The molecule has 5 atom stereocenters. The Balaban J connectivity index is 1.72. The number of rotatable bonds is 2. The van der Waals surface area contributed by atoms with Crippen molar-refractivity contribution in [2.24, 2.45) is 17.8 Å². The SMILES string of the molecule is CC1=CC(=O)C2=C(C)C[C@H](OC(=O)c3ccccc3Cl)C3[C@H](OC(=O)[C@H]3C)C12. The van der Waals surface area contributed by atoms with Crippen molar-refractivity contribution in [1.82, 2.24) is 0 Å². The van der Waals surface area contributed by atoms with Crippen LogP contribution in [0.4, 0.5) is 0 Å². The molecule has 28 heavy (non-hydrogen) atoms. The number of carbonyl (C=O) groups excluding carboxylic acids is 3. The second kappa shape index (κ2) is 6.89. The van der Waals surface area contributed by atoms with E-state index in [2.05, 4.69) is 0 Å². The van der Waals surface area contributed by atoms with Gasteiger partial charge in [-0.25, -0.2) is 4.79 Å². The molecule has 4 rings (SSSR count). The van der Waals surface area contributed by atoms with Gasteiger partial charge >= 0.3 is 11.9 Å².